The molecule has 0 bridgehead atoms. The highest BCUT2D eigenvalue weighted by molar-refractivity contribution is 6.25. The molecule has 1 aromatic rings. The monoisotopic (exact) mass is 517 g/mol. The number of non-ortho nitro benzene ring substituents is 1. The van der Waals surface area contributed by atoms with Crippen molar-refractivity contribution in [3.8, 4) is 6.07 Å². The van der Waals surface area contributed by atoms with Gasteiger partial charge >= 0.3 is 6.18 Å². The van der Waals surface area contributed by atoms with Crippen LogP contribution in [-0.4, -0.2) is 58.1 Å². The fraction of sp³-hybridized carbons (Fsp3) is 0.500. The molecule has 3 aliphatic heterocycles. The molecule has 2 atom stereocenters. The molecule has 1 aromatic carbocycles. The second-order valence-electron chi connectivity index (χ2n) is 9.82. The standard InChI is InChI=1S/C24H26F3N7O3/c1-14-12-33-21(29-14)19(11-20(31-33)32-6-4-23(3,13-28)5-7-32)22(35)30-15(2)16-8-17(24(25,26)27)10-18(9-16)34(36)37/h8-11,14-15H,4-7,12H2,1-3H3,(H,30,35)/t14-,15-/m1/s1. The zero-order valence-corrected chi connectivity index (χ0v) is 20.5. The molecule has 3 aliphatic rings. The smallest absolute Gasteiger partial charge is 0.355 e. The van der Waals surface area contributed by atoms with Gasteiger partial charge in [-0.25, -0.2) is 5.01 Å². The van der Waals surface area contributed by atoms with Crippen molar-refractivity contribution in [2.24, 2.45) is 15.5 Å². The highest BCUT2D eigenvalue weighted by Crippen LogP contribution is 2.34. The number of nitrogens with zero attached hydrogens (tertiary/aromatic N) is 6. The van der Waals surface area contributed by atoms with E-state index in [0.29, 0.717) is 50.2 Å². The molecule has 1 N–H and O–H groups in total. The van der Waals surface area contributed by atoms with Gasteiger partial charge in [-0.3, -0.25) is 19.9 Å². The van der Waals surface area contributed by atoms with Crippen molar-refractivity contribution >= 4 is 23.3 Å². The summed E-state index contributed by atoms with van der Waals surface area (Å²) in [6.45, 7) is 6.86. The molecule has 0 saturated carbocycles. The van der Waals surface area contributed by atoms with Crippen molar-refractivity contribution in [1.29, 1.82) is 5.26 Å². The molecular weight excluding hydrogens is 491 g/mol. The quantitative estimate of drug-likeness (QED) is 0.479. The number of nitrogens with one attached hydrogen (secondary N) is 1. The highest BCUT2D eigenvalue weighted by Gasteiger charge is 2.37. The lowest BCUT2D eigenvalue weighted by atomic mass is 9.82. The summed E-state index contributed by atoms with van der Waals surface area (Å²) >= 11 is 0. The SMILES string of the molecule is C[C@@H]1CN2N=C(N3CCC(C)(C#N)CC3)C=C(C(=O)N[C@H](C)c3cc([N+](=O)[O-])cc(C(F)(F)F)c3)C2=N1. The number of likely N-dealkylation sites (tertiary alicyclic amines) is 1. The Bertz CT molecular complexity index is 1260. The van der Waals surface area contributed by atoms with Gasteiger partial charge in [-0.15, -0.1) is 0 Å². The minimum atomic E-state index is -4.78. The number of hydrogen-bond donors (Lipinski definition) is 1. The second kappa shape index (κ2) is 9.49. The Hall–Kier alpha value is -3.95. The van der Waals surface area contributed by atoms with Crippen LogP contribution in [0.4, 0.5) is 18.9 Å². The van der Waals surface area contributed by atoms with Gasteiger partial charge in [0.1, 0.15) is 5.84 Å². The molecule has 0 aromatic heterocycles. The van der Waals surface area contributed by atoms with Crippen molar-refractivity contribution in [1.82, 2.24) is 15.2 Å². The maximum Gasteiger partial charge on any atom is 0.416 e. The van der Waals surface area contributed by atoms with E-state index < -0.39 is 39.7 Å². The Morgan fingerprint density at radius 2 is 2.00 bits per heavy atom. The van der Waals surface area contributed by atoms with Gasteiger partial charge in [0, 0.05) is 25.2 Å². The number of carbonyl (C=O) groups is 1. The molecule has 0 aliphatic carbocycles. The summed E-state index contributed by atoms with van der Waals surface area (Å²) in [6, 6.07) is 3.54. The molecule has 196 valence electrons. The van der Waals surface area contributed by atoms with Crippen LogP contribution in [0.25, 0.3) is 0 Å². The third-order valence-corrected chi connectivity index (χ3v) is 6.79. The third-order valence-electron chi connectivity index (χ3n) is 6.79. The van der Waals surface area contributed by atoms with E-state index in [0.717, 1.165) is 12.1 Å². The van der Waals surface area contributed by atoms with Crippen LogP contribution in [0.3, 0.4) is 0 Å². The van der Waals surface area contributed by atoms with Gasteiger partial charge in [-0.05, 0) is 51.3 Å². The first-order valence-corrected chi connectivity index (χ1v) is 11.8. The van der Waals surface area contributed by atoms with Gasteiger partial charge in [-0.2, -0.15) is 23.5 Å². The molecule has 1 fully saturated rings. The van der Waals surface area contributed by atoms with E-state index in [9.17, 15) is 33.3 Å². The number of halogens is 3. The number of hydrogen-bond acceptors (Lipinski definition) is 8. The summed E-state index contributed by atoms with van der Waals surface area (Å²) in [4.78, 5) is 30.2. The van der Waals surface area contributed by atoms with Crippen molar-refractivity contribution in [3.63, 3.8) is 0 Å². The van der Waals surface area contributed by atoms with Crippen LogP contribution < -0.4 is 5.32 Å². The number of nitro groups is 1. The summed E-state index contributed by atoms with van der Waals surface area (Å²) in [6.07, 6.45) is -1.91. The largest absolute Gasteiger partial charge is 0.416 e. The predicted octanol–water partition coefficient (Wildman–Crippen LogP) is 3.77. The number of amidine groups is 2. The lowest BCUT2D eigenvalue weighted by molar-refractivity contribution is -0.385. The molecule has 10 nitrogen and oxygen atoms in total. The van der Waals surface area contributed by atoms with Crippen molar-refractivity contribution in [2.45, 2.75) is 51.9 Å². The Balaban J connectivity index is 1.60. The van der Waals surface area contributed by atoms with Crippen LogP contribution in [0.5, 0.6) is 0 Å². The van der Waals surface area contributed by atoms with Crippen molar-refractivity contribution in [3.05, 3.63) is 51.1 Å². The minimum absolute atomic E-state index is 0.0504. The highest BCUT2D eigenvalue weighted by atomic mass is 19.4. The average Bonchev–Trinajstić information content (AvgIpc) is 3.22. The summed E-state index contributed by atoms with van der Waals surface area (Å²) in [5.74, 6) is 0.312. The number of nitro benzene ring substituents is 1. The van der Waals surface area contributed by atoms with Gasteiger partial charge in [0.15, 0.2) is 5.84 Å². The van der Waals surface area contributed by atoms with Crippen LogP contribution in [0, 0.1) is 26.9 Å². The molecule has 1 saturated heterocycles. The van der Waals surface area contributed by atoms with E-state index in [1.54, 1.807) is 11.1 Å². The number of rotatable bonds is 4. The van der Waals surface area contributed by atoms with E-state index in [4.69, 9.17) is 0 Å². The number of fused-ring (bicyclic) bond motifs is 1. The van der Waals surface area contributed by atoms with Crippen molar-refractivity contribution < 1.29 is 22.9 Å². The Morgan fingerprint density at radius 1 is 1.32 bits per heavy atom. The molecule has 4 rings (SSSR count). The molecule has 0 spiro atoms. The number of amides is 1. The van der Waals surface area contributed by atoms with Gasteiger partial charge in [0.05, 0.1) is 46.2 Å². The number of benzene rings is 1. The van der Waals surface area contributed by atoms with Gasteiger partial charge in [-0.1, -0.05) is 0 Å². The zero-order valence-electron chi connectivity index (χ0n) is 20.5. The lowest BCUT2D eigenvalue weighted by Gasteiger charge is -2.37. The number of piperidine rings is 1. The average molecular weight is 518 g/mol. The van der Waals surface area contributed by atoms with Gasteiger partial charge in [0.2, 0.25) is 0 Å². The minimum Gasteiger partial charge on any atom is -0.355 e. The number of aliphatic imine (C=N–C) groups is 1. The Labute approximate surface area is 211 Å². The lowest BCUT2D eigenvalue weighted by Crippen LogP contribution is -2.45. The summed E-state index contributed by atoms with van der Waals surface area (Å²) in [5, 5.41) is 29.6. The Kier molecular flexibility index (Phi) is 6.70. The number of alkyl halides is 3. The summed E-state index contributed by atoms with van der Waals surface area (Å²) in [7, 11) is 0. The summed E-state index contributed by atoms with van der Waals surface area (Å²) < 4.78 is 40.0. The molecule has 3 heterocycles. The predicted molar refractivity (Wildman–Crippen MR) is 128 cm³/mol. The van der Waals surface area contributed by atoms with Crippen LogP contribution in [-0.2, 0) is 11.0 Å². The molecule has 1 amide bonds. The van der Waals surface area contributed by atoms with E-state index in [2.05, 4.69) is 21.5 Å². The molecule has 0 unspecified atom stereocenters. The second-order valence-corrected chi connectivity index (χ2v) is 9.82. The van der Waals surface area contributed by atoms with Gasteiger partial charge < -0.3 is 10.2 Å². The Morgan fingerprint density at radius 3 is 2.59 bits per heavy atom. The van der Waals surface area contributed by atoms with E-state index >= 15 is 0 Å². The fourth-order valence-electron chi connectivity index (χ4n) is 4.47. The molecular formula is C24H26F3N7O3. The van der Waals surface area contributed by atoms with Crippen LogP contribution in [0.1, 0.15) is 50.8 Å². The first-order valence-electron chi connectivity index (χ1n) is 11.8. The first kappa shape index (κ1) is 26.1. The van der Waals surface area contributed by atoms with E-state index in [1.165, 1.54) is 6.92 Å². The normalized spacial score (nSPS) is 21.8. The van der Waals surface area contributed by atoms with E-state index in [-0.39, 0.29) is 17.2 Å². The number of hydrazone groups is 1. The first-order chi connectivity index (χ1) is 17.3. The van der Waals surface area contributed by atoms with Crippen LogP contribution in [0.2, 0.25) is 0 Å². The third kappa shape index (κ3) is 5.42. The maximum absolute atomic E-state index is 13.3. The maximum atomic E-state index is 13.3. The molecule has 37 heavy (non-hydrogen) atoms. The molecule has 13 heteroatoms. The van der Waals surface area contributed by atoms with Gasteiger partial charge in [0.25, 0.3) is 11.6 Å². The number of nitriles is 1. The topological polar surface area (TPSA) is 127 Å². The summed E-state index contributed by atoms with van der Waals surface area (Å²) in [5.41, 5.74) is -2.15. The zero-order chi connectivity index (χ0) is 27.1. The van der Waals surface area contributed by atoms with Crippen molar-refractivity contribution in [2.75, 3.05) is 19.6 Å². The van der Waals surface area contributed by atoms with Crippen LogP contribution in [0.15, 0.2) is 39.9 Å². The fourth-order valence-corrected chi connectivity index (χ4v) is 4.47. The molecule has 0 radical (unpaired) electrons. The van der Waals surface area contributed by atoms with E-state index in [1.807, 2.05) is 18.7 Å². The van der Waals surface area contributed by atoms with Crippen LogP contribution >= 0.6 is 0 Å². The number of carbonyl (C=O) groups excluding carboxylic acids is 1.